The maximum atomic E-state index is 11.7. The molecule has 1 aliphatic carbocycles. The molecule has 2 aliphatic rings. The van der Waals surface area contributed by atoms with Crippen LogP contribution >= 0.6 is 0 Å². The summed E-state index contributed by atoms with van der Waals surface area (Å²) in [5.74, 6) is 1.15. The summed E-state index contributed by atoms with van der Waals surface area (Å²) in [6, 6.07) is 0.511. The SMILES string of the molecule is CC(N)CCC(=O)NC1CCN(CC2CC2)CC1. The highest BCUT2D eigenvalue weighted by molar-refractivity contribution is 5.76. The number of nitrogens with zero attached hydrogens (tertiary/aromatic N) is 1. The van der Waals surface area contributed by atoms with Gasteiger partial charge in [0.05, 0.1) is 0 Å². The zero-order valence-corrected chi connectivity index (χ0v) is 11.5. The highest BCUT2D eigenvalue weighted by Gasteiger charge is 2.27. The second kappa shape index (κ2) is 6.53. The van der Waals surface area contributed by atoms with Crippen molar-refractivity contribution in [2.24, 2.45) is 11.7 Å². The molecule has 1 amide bonds. The van der Waals surface area contributed by atoms with E-state index in [9.17, 15) is 4.79 Å². The van der Waals surface area contributed by atoms with Crippen LogP contribution in [0.5, 0.6) is 0 Å². The van der Waals surface area contributed by atoms with Gasteiger partial charge in [-0.2, -0.15) is 0 Å². The minimum atomic E-state index is 0.121. The highest BCUT2D eigenvalue weighted by atomic mass is 16.1. The van der Waals surface area contributed by atoms with Gasteiger partial charge in [0.15, 0.2) is 0 Å². The topological polar surface area (TPSA) is 58.4 Å². The van der Waals surface area contributed by atoms with Gasteiger partial charge in [0.1, 0.15) is 0 Å². The molecule has 1 aliphatic heterocycles. The van der Waals surface area contributed by atoms with Crippen LogP contribution in [0.2, 0.25) is 0 Å². The molecule has 0 spiro atoms. The van der Waals surface area contributed by atoms with Crippen LogP contribution in [0.1, 0.15) is 45.4 Å². The van der Waals surface area contributed by atoms with Crippen molar-refractivity contribution in [2.45, 2.75) is 57.5 Å². The lowest BCUT2D eigenvalue weighted by atomic mass is 10.0. The Labute approximate surface area is 110 Å². The molecule has 0 radical (unpaired) electrons. The van der Waals surface area contributed by atoms with E-state index in [1.54, 1.807) is 0 Å². The van der Waals surface area contributed by atoms with Crippen molar-refractivity contribution in [1.29, 1.82) is 0 Å². The van der Waals surface area contributed by atoms with E-state index in [-0.39, 0.29) is 11.9 Å². The third kappa shape index (κ3) is 4.94. The molecule has 0 aromatic carbocycles. The van der Waals surface area contributed by atoms with Gasteiger partial charge >= 0.3 is 0 Å². The largest absolute Gasteiger partial charge is 0.353 e. The molecule has 1 atom stereocenters. The van der Waals surface area contributed by atoms with E-state index in [1.807, 2.05) is 6.92 Å². The number of carbonyl (C=O) groups excluding carboxylic acids is 1. The summed E-state index contributed by atoms with van der Waals surface area (Å²) in [4.78, 5) is 14.3. The van der Waals surface area contributed by atoms with Gasteiger partial charge in [-0.3, -0.25) is 4.79 Å². The Morgan fingerprint density at radius 2 is 2.00 bits per heavy atom. The molecule has 0 aromatic rings. The van der Waals surface area contributed by atoms with Crippen molar-refractivity contribution in [3.8, 4) is 0 Å². The maximum Gasteiger partial charge on any atom is 0.220 e. The Hall–Kier alpha value is -0.610. The normalized spacial score (nSPS) is 23.9. The first-order valence-corrected chi connectivity index (χ1v) is 7.41. The Kier molecular flexibility index (Phi) is 5.01. The van der Waals surface area contributed by atoms with Crippen molar-refractivity contribution in [2.75, 3.05) is 19.6 Å². The highest BCUT2D eigenvalue weighted by Crippen LogP contribution is 2.30. The summed E-state index contributed by atoms with van der Waals surface area (Å²) in [5.41, 5.74) is 5.66. The van der Waals surface area contributed by atoms with E-state index < -0.39 is 0 Å². The van der Waals surface area contributed by atoms with E-state index in [0.717, 1.165) is 38.3 Å². The van der Waals surface area contributed by atoms with Crippen LogP contribution in [-0.2, 0) is 4.79 Å². The molecule has 4 heteroatoms. The van der Waals surface area contributed by atoms with Crippen LogP contribution in [-0.4, -0.2) is 42.5 Å². The van der Waals surface area contributed by atoms with Crippen molar-refractivity contribution < 1.29 is 4.79 Å². The fourth-order valence-electron chi connectivity index (χ4n) is 2.58. The van der Waals surface area contributed by atoms with Gasteiger partial charge in [-0.15, -0.1) is 0 Å². The molecule has 1 saturated heterocycles. The number of nitrogens with two attached hydrogens (primary N) is 1. The summed E-state index contributed by atoms with van der Waals surface area (Å²) < 4.78 is 0. The van der Waals surface area contributed by atoms with Crippen molar-refractivity contribution in [1.82, 2.24) is 10.2 Å². The molecular formula is C14H27N3O. The first kappa shape index (κ1) is 13.8. The zero-order valence-electron chi connectivity index (χ0n) is 11.5. The quantitative estimate of drug-likeness (QED) is 0.745. The molecule has 1 saturated carbocycles. The predicted molar refractivity (Wildman–Crippen MR) is 73.2 cm³/mol. The summed E-state index contributed by atoms with van der Waals surface area (Å²) in [7, 11) is 0. The molecule has 1 unspecified atom stereocenters. The number of carbonyl (C=O) groups is 1. The third-order valence-corrected chi connectivity index (χ3v) is 3.99. The fraction of sp³-hybridized carbons (Fsp3) is 0.929. The predicted octanol–water partition coefficient (Wildman–Crippen LogP) is 1.10. The van der Waals surface area contributed by atoms with Gasteiger partial charge in [-0.05, 0) is 44.9 Å². The molecular weight excluding hydrogens is 226 g/mol. The van der Waals surface area contributed by atoms with Crippen LogP contribution in [0.15, 0.2) is 0 Å². The number of hydrogen-bond acceptors (Lipinski definition) is 3. The molecule has 2 fully saturated rings. The Morgan fingerprint density at radius 1 is 1.33 bits per heavy atom. The van der Waals surface area contributed by atoms with Gasteiger partial charge in [-0.25, -0.2) is 0 Å². The number of amides is 1. The lowest BCUT2D eigenvalue weighted by Crippen LogP contribution is -2.45. The fourth-order valence-corrected chi connectivity index (χ4v) is 2.58. The van der Waals surface area contributed by atoms with Crippen LogP contribution in [0.3, 0.4) is 0 Å². The minimum absolute atomic E-state index is 0.121. The summed E-state index contributed by atoms with van der Waals surface area (Å²) in [6.07, 6.45) is 6.42. The zero-order chi connectivity index (χ0) is 13.0. The van der Waals surface area contributed by atoms with Gasteiger partial charge < -0.3 is 16.0 Å². The summed E-state index contributed by atoms with van der Waals surface area (Å²) in [5, 5.41) is 3.14. The molecule has 1 heterocycles. The van der Waals surface area contributed by atoms with Gasteiger partial charge in [0.25, 0.3) is 0 Å². The Bertz CT molecular complexity index is 268. The summed E-state index contributed by atoms with van der Waals surface area (Å²) in [6.45, 7) is 5.53. The molecule has 4 nitrogen and oxygen atoms in total. The maximum absolute atomic E-state index is 11.7. The third-order valence-electron chi connectivity index (χ3n) is 3.99. The summed E-state index contributed by atoms with van der Waals surface area (Å²) >= 11 is 0. The second-order valence-corrected chi connectivity index (χ2v) is 6.10. The molecule has 3 N–H and O–H groups in total. The van der Waals surface area contributed by atoms with Crippen molar-refractivity contribution in [3.05, 3.63) is 0 Å². The first-order chi connectivity index (χ1) is 8.63. The van der Waals surface area contributed by atoms with E-state index in [0.29, 0.717) is 12.5 Å². The smallest absolute Gasteiger partial charge is 0.220 e. The Balaban J connectivity index is 1.58. The average molecular weight is 253 g/mol. The van der Waals surface area contributed by atoms with Crippen LogP contribution in [0.4, 0.5) is 0 Å². The monoisotopic (exact) mass is 253 g/mol. The second-order valence-electron chi connectivity index (χ2n) is 6.10. The number of piperidine rings is 1. The molecule has 2 rings (SSSR count). The molecule has 0 bridgehead atoms. The van der Waals surface area contributed by atoms with Gasteiger partial charge in [0.2, 0.25) is 5.91 Å². The number of hydrogen-bond donors (Lipinski definition) is 2. The van der Waals surface area contributed by atoms with E-state index in [2.05, 4.69) is 10.2 Å². The average Bonchev–Trinajstić information content (AvgIpc) is 3.13. The first-order valence-electron chi connectivity index (χ1n) is 7.41. The molecule has 104 valence electrons. The minimum Gasteiger partial charge on any atom is -0.353 e. The lowest BCUT2D eigenvalue weighted by molar-refractivity contribution is -0.122. The van der Waals surface area contributed by atoms with E-state index in [4.69, 9.17) is 5.73 Å². The van der Waals surface area contributed by atoms with Crippen LogP contribution in [0, 0.1) is 5.92 Å². The lowest BCUT2D eigenvalue weighted by Gasteiger charge is -2.32. The molecule has 0 aromatic heterocycles. The molecule has 18 heavy (non-hydrogen) atoms. The van der Waals surface area contributed by atoms with E-state index >= 15 is 0 Å². The van der Waals surface area contributed by atoms with Crippen LogP contribution in [0.25, 0.3) is 0 Å². The van der Waals surface area contributed by atoms with Crippen molar-refractivity contribution >= 4 is 5.91 Å². The number of rotatable bonds is 6. The van der Waals surface area contributed by atoms with E-state index in [1.165, 1.54) is 19.4 Å². The van der Waals surface area contributed by atoms with Crippen LogP contribution < -0.4 is 11.1 Å². The number of likely N-dealkylation sites (tertiary alicyclic amines) is 1. The Morgan fingerprint density at radius 3 is 2.56 bits per heavy atom. The van der Waals surface area contributed by atoms with Crippen molar-refractivity contribution in [3.63, 3.8) is 0 Å². The standard InChI is InChI=1S/C14H27N3O/c1-11(15)2-5-14(18)16-13-6-8-17(9-7-13)10-12-3-4-12/h11-13H,2-10,15H2,1H3,(H,16,18). The van der Waals surface area contributed by atoms with Gasteiger partial charge in [-0.1, -0.05) is 0 Å². The van der Waals surface area contributed by atoms with Gasteiger partial charge in [0, 0.05) is 38.1 Å². The number of nitrogens with one attached hydrogen (secondary N) is 1.